The van der Waals surface area contributed by atoms with Crippen LogP contribution in [0, 0.1) is 5.82 Å². The average molecular weight is 278 g/mol. The van der Waals surface area contributed by atoms with Crippen molar-refractivity contribution in [1.29, 1.82) is 0 Å². The molecule has 2 rings (SSSR count). The molecule has 104 valence electrons. The Morgan fingerprint density at radius 3 is 2.75 bits per heavy atom. The van der Waals surface area contributed by atoms with E-state index in [9.17, 15) is 14.0 Å². The van der Waals surface area contributed by atoms with E-state index in [0.29, 0.717) is 0 Å². The van der Waals surface area contributed by atoms with Crippen LogP contribution in [0.5, 0.6) is 5.75 Å². The maximum absolute atomic E-state index is 12.9. The highest BCUT2D eigenvalue weighted by molar-refractivity contribution is 5.92. The lowest BCUT2D eigenvalue weighted by Gasteiger charge is -2.07. The monoisotopic (exact) mass is 278 g/mol. The molecule has 1 aromatic carbocycles. The molecule has 2 aromatic rings. The van der Waals surface area contributed by atoms with Gasteiger partial charge >= 0.3 is 5.91 Å². The first-order valence-electron chi connectivity index (χ1n) is 5.66. The van der Waals surface area contributed by atoms with Gasteiger partial charge in [0.2, 0.25) is 0 Å². The van der Waals surface area contributed by atoms with Gasteiger partial charge in [0.15, 0.2) is 12.4 Å². The van der Waals surface area contributed by atoms with E-state index < -0.39 is 17.6 Å². The highest BCUT2D eigenvalue weighted by Gasteiger charge is 2.09. The molecule has 1 heterocycles. The fourth-order valence-electron chi connectivity index (χ4n) is 1.34. The Morgan fingerprint density at radius 2 is 2.05 bits per heavy atom. The molecule has 0 aliphatic heterocycles. The molecule has 0 fully saturated rings. The van der Waals surface area contributed by atoms with Crippen LogP contribution in [0.15, 0.2) is 47.1 Å². The number of nitrogens with one attached hydrogen (secondary N) is 2. The molecule has 7 heteroatoms. The lowest BCUT2D eigenvalue weighted by molar-refractivity contribution is -0.123. The van der Waals surface area contributed by atoms with Crippen LogP contribution < -0.4 is 15.6 Å². The molecule has 0 spiro atoms. The summed E-state index contributed by atoms with van der Waals surface area (Å²) in [5, 5.41) is 0. The van der Waals surface area contributed by atoms with E-state index in [4.69, 9.17) is 9.15 Å². The van der Waals surface area contributed by atoms with Gasteiger partial charge in [-0.2, -0.15) is 0 Å². The smallest absolute Gasteiger partial charge is 0.305 e. The van der Waals surface area contributed by atoms with Gasteiger partial charge < -0.3 is 9.15 Å². The summed E-state index contributed by atoms with van der Waals surface area (Å²) in [4.78, 5) is 22.8. The molecule has 20 heavy (non-hydrogen) atoms. The quantitative estimate of drug-likeness (QED) is 0.825. The van der Waals surface area contributed by atoms with Gasteiger partial charge in [-0.3, -0.25) is 20.4 Å². The van der Waals surface area contributed by atoms with Crippen LogP contribution >= 0.6 is 0 Å². The molecule has 0 radical (unpaired) electrons. The first kappa shape index (κ1) is 13.6. The number of hydrogen-bond donors (Lipinski definition) is 2. The standard InChI is InChI=1S/C13H11FN2O4/c14-9-3-1-4-10(7-9)20-8-12(17)15-16-13(18)11-5-2-6-19-11/h1-7H,8H2,(H,15,17)(H,16,18). The Labute approximate surface area is 113 Å². The summed E-state index contributed by atoms with van der Waals surface area (Å²) in [6.45, 7) is -0.359. The predicted octanol–water partition coefficient (Wildman–Crippen LogP) is 1.26. The molecule has 0 aliphatic rings. The number of hydrogen-bond acceptors (Lipinski definition) is 4. The zero-order valence-electron chi connectivity index (χ0n) is 10.3. The van der Waals surface area contributed by atoms with E-state index in [1.807, 2.05) is 0 Å². The minimum absolute atomic E-state index is 0.0661. The number of amides is 2. The second-order valence-corrected chi connectivity index (χ2v) is 3.73. The van der Waals surface area contributed by atoms with Gasteiger partial charge in [-0.1, -0.05) is 6.07 Å². The highest BCUT2D eigenvalue weighted by atomic mass is 19.1. The van der Waals surface area contributed by atoms with Gasteiger partial charge in [-0.25, -0.2) is 4.39 Å². The first-order chi connectivity index (χ1) is 9.65. The zero-order valence-corrected chi connectivity index (χ0v) is 10.3. The molecule has 1 aromatic heterocycles. The Bertz CT molecular complexity index is 598. The Balaban J connectivity index is 1.74. The van der Waals surface area contributed by atoms with E-state index in [0.717, 1.165) is 6.07 Å². The first-order valence-corrected chi connectivity index (χ1v) is 5.66. The van der Waals surface area contributed by atoms with Crippen molar-refractivity contribution in [1.82, 2.24) is 10.9 Å². The second-order valence-electron chi connectivity index (χ2n) is 3.73. The Kier molecular flexibility index (Phi) is 4.33. The lowest BCUT2D eigenvalue weighted by Crippen LogP contribution is -2.43. The third-order valence-electron chi connectivity index (χ3n) is 2.23. The molecule has 0 atom stereocenters. The Hall–Kier alpha value is -2.83. The molecule has 0 bridgehead atoms. The molecule has 2 N–H and O–H groups in total. The van der Waals surface area contributed by atoms with Crippen molar-refractivity contribution in [3.05, 3.63) is 54.2 Å². The number of ether oxygens (including phenoxy) is 1. The number of benzene rings is 1. The minimum atomic E-state index is -0.589. The Morgan fingerprint density at radius 1 is 1.20 bits per heavy atom. The normalized spacial score (nSPS) is 9.85. The van der Waals surface area contributed by atoms with E-state index in [1.54, 1.807) is 6.07 Å². The van der Waals surface area contributed by atoms with Gasteiger partial charge in [0, 0.05) is 6.07 Å². The second kappa shape index (κ2) is 6.37. The van der Waals surface area contributed by atoms with Gasteiger partial charge in [-0.05, 0) is 24.3 Å². The molecule has 0 unspecified atom stereocenters. The molecular weight excluding hydrogens is 267 g/mol. The van der Waals surface area contributed by atoms with Crippen molar-refractivity contribution >= 4 is 11.8 Å². The van der Waals surface area contributed by atoms with Crippen molar-refractivity contribution in [2.45, 2.75) is 0 Å². The number of furan rings is 1. The average Bonchev–Trinajstić information content (AvgIpc) is 2.97. The summed E-state index contributed by atoms with van der Waals surface area (Å²) in [6.07, 6.45) is 1.34. The van der Waals surface area contributed by atoms with E-state index >= 15 is 0 Å². The maximum atomic E-state index is 12.9. The van der Waals surface area contributed by atoms with Crippen LogP contribution in [0.3, 0.4) is 0 Å². The highest BCUT2D eigenvalue weighted by Crippen LogP contribution is 2.11. The van der Waals surface area contributed by atoms with Gasteiger partial charge in [0.25, 0.3) is 5.91 Å². The van der Waals surface area contributed by atoms with Gasteiger partial charge in [0.05, 0.1) is 6.26 Å². The van der Waals surface area contributed by atoms with Crippen LogP contribution in [-0.4, -0.2) is 18.4 Å². The lowest BCUT2D eigenvalue weighted by atomic mass is 10.3. The maximum Gasteiger partial charge on any atom is 0.305 e. The van der Waals surface area contributed by atoms with E-state index in [1.165, 1.54) is 30.5 Å². The molecule has 0 saturated heterocycles. The molecule has 6 nitrogen and oxygen atoms in total. The van der Waals surface area contributed by atoms with Gasteiger partial charge in [0.1, 0.15) is 11.6 Å². The molecule has 2 amide bonds. The van der Waals surface area contributed by atoms with Crippen LogP contribution in [0.25, 0.3) is 0 Å². The summed E-state index contributed by atoms with van der Waals surface area (Å²) in [5.74, 6) is -1.36. The summed E-state index contributed by atoms with van der Waals surface area (Å²) < 4.78 is 22.7. The SMILES string of the molecule is O=C(COc1cccc(F)c1)NNC(=O)c1ccco1. The van der Waals surface area contributed by atoms with Crippen molar-refractivity contribution in [3.8, 4) is 5.75 Å². The largest absolute Gasteiger partial charge is 0.484 e. The van der Waals surface area contributed by atoms with Crippen molar-refractivity contribution in [2.24, 2.45) is 0 Å². The third-order valence-corrected chi connectivity index (χ3v) is 2.23. The van der Waals surface area contributed by atoms with Crippen molar-refractivity contribution < 1.29 is 23.1 Å². The summed E-state index contributed by atoms with van der Waals surface area (Å²) in [5.41, 5.74) is 4.28. The summed E-state index contributed by atoms with van der Waals surface area (Å²) in [7, 11) is 0. The molecule has 0 saturated carbocycles. The topological polar surface area (TPSA) is 80.6 Å². The van der Waals surface area contributed by atoms with Crippen molar-refractivity contribution in [3.63, 3.8) is 0 Å². The molecular formula is C13H11FN2O4. The summed E-state index contributed by atoms with van der Waals surface area (Å²) >= 11 is 0. The van der Waals surface area contributed by atoms with Crippen LogP contribution in [-0.2, 0) is 4.79 Å². The summed E-state index contributed by atoms with van der Waals surface area (Å²) in [6, 6.07) is 8.37. The molecule has 0 aliphatic carbocycles. The fourth-order valence-corrected chi connectivity index (χ4v) is 1.34. The van der Waals surface area contributed by atoms with E-state index in [-0.39, 0.29) is 18.1 Å². The van der Waals surface area contributed by atoms with Crippen LogP contribution in [0.2, 0.25) is 0 Å². The van der Waals surface area contributed by atoms with E-state index in [2.05, 4.69) is 10.9 Å². The number of rotatable bonds is 4. The number of halogens is 1. The van der Waals surface area contributed by atoms with Crippen LogP contribution in [0.1, 0.15) is 10.6 Å². The van der Waals surface area contributed by atoms with Gasteiger partial charge in [-0.15, -0.1) is 0 Å². The number of hydrazine groups is 1. The van der Waals surface area contributed by atoms with Crippen molar-refractivity contribution in [2.75, 3.05) is 6.61 Å². The predicted molar refractivity (Wildman–Crippen MR) is 66.2 cm³/mol. The minimum Gasteiger partial charge on any atom is -0.484 e. The van der Waals surface area contributed by atoms with Crippen LogP contribution in [0.4, 0.5) is 4.39 Å². The third kappa shape index (κ3) is 3.84. The fraction of sp³-hybridized carbons (Fsp3) is 0.0769. The number of carbonyl (C=O) groups is 2. The zero-order chi connectivity index (χ0) is 14.4. The number of carbonyl (C=O) groups excluding carboxylic acids is 2.